The van der Waals surface area contributed by atoms with Gasteiger partial charge in [0.1, 0.15) is 0 Å². The highest BCUT2D eigenvalue weighted by Gasteiger charge is 2.35. The average molecular weight is 690 g/mol. The lowest BCUT2D eigenvalue weighted by molar-refractivity contribution is 0.660. The first-order valence-corrected chi connectivity index (χ1v) is 18.7. The second-order valence-electron chi connectivity index (χ2n) is 15.0. The largest absolute Gasteiger partial charge is 0.277 e. The summed E-state index contributed by atoms with van der Waals surface area (Å²) in [5.74, 6) is 0.649. The van der Waals surface area contributed by atoms with E-state index in [0.717, 1.165) is 39.1 Å². The summed E-state index contributed by atoms with van der Waals surface area (Å²) in [5.41, 5.74) is 13.7. The first-order chi connectivity index (χ1) is 26.6. The molecule has 1 aliphatic rings. The predicted octanol–water partition coefficient (Wildman–Crippen LogP) is 13.2. The minimum atomic E-state index is -0.0667. The Morgan fingerprint density at radius 3 is 1.63 bits per heavy atom. The van der Waals surface area contributed by atoms with Gasteiger partial charge in [0.2, 0.25) is 5.95 Å². The summed E-state index contributed by atoms with van der Waals surface area (Å²) < 4.78 is 2.36. The van der Waals surface area contributed by atoms with Crippen LogP contribution in [0, 0.1) is 0 Å². The summed E-state index contributed by atoms with van der Waals surface area (Å²) in [7, 11) is 0. The van der Waals surface area contributed by atoms with Crippen molar-refractivity contribution in [2.45, 2.75) is 19.3 Å². The van der Waals surface area contributed by atoms with Gasteiger partial charge in [-0.1, -0.05) is 178 Å². The Morgan fingerprint density at radius 1 is 0.389 bits per heavy atom. The summed E-state index contributed by atoms with van der Waals surface area (Å²) in [6.07, 6.45) is 0. The Kier molecular flexibility index (Phi) is 6.60. The van der Waals surface area contributed by atoms with Crippen LogP contribution >= 0.6 is 0 Å². The van der Waals surface area contributed by atoms with E-state index in [1.54, 1.807) is 0 Å². The molecule has 0 fully saturated rings. The van der Waals surface area contributed by atoms with Crippen LogP contribution < -0.4 is 0 Å². The number of aromatic nitrogens is 3. The van der Waals surface area contributed by atoms with Crippen LogP contribution in [0.4, 0.5) is 0 Å². The average Bonchev–Trinajstić information content (AvgIpc) is 3.71. The number of rotatable bonds is 4. The molecule has 1 aliphatic carbocycles. The van der Waals surface area contributed by atoms with Crippen molar-refractivity contribution in [3.05, 3.63) is 187 Å². The molecule has 254 valence electrons. The van der Waals surface area contributed by atoms with Crippen LogP contribution in [0.25, 0.3) is 94.1 Å². The Balaban J connectivity index is 1.31. The van der Waals surface area contributed by atoms with Gasteiger partial charge in [0.25, 0.3) is 0 Å². The maximum atomic E-state index is 5.45. The van der Waals surface area contributed by atoms with Gasteiger partial charge in [-0.25, -0.2) is 9.97 Å². The molecule has 0 saturated heterocycles. The van der Waals surface area contributed by atoms with Crippen molar-refractivity contribution < 1.29 is 0 Å². The molecule has 0 amide bonds. The maximum Gasteiger partial charge on any atom is 0.235 e. The molecular weight excluding hydrogens is 655 g/mol. The van der Waals surface area contributed by atoms with Crippen LogP contribution in [0.5, 0.6) is 0 Å². The standard InChI is InChI=1S/C51H35N3/c1-51(2)43-27-14-13-22-38(43)42-30-34(28-29-44(42)51)35-25-15-26-41-47-39-23-11-9-20-36(39)37-21-10-12-24-40(37)49(47)54(48(35)41)50-52-45(32-16-5-3-6-17-32)31-46(53-50)33-18-7-4-8-19-33/h3-31H,1-2H3. The van der Waals surface area contributed by atoms with E-state index in [1.165, 1.54) is 60.1 Å². The Morgan fingerprint density at radius 2 is 0.926 bits per heavy atom. The van der Waals surface area contributed by atoms with E-state index in [1.807, 2.05) is 0 Å². The third kappa shape index (κ3) is 4.42. The molecule has 3 heteroatoms. The van der Waals surface area contributed by atoms with Gasteiger partial charge < -0.3 is 0 Å². The highest BCUT2D eigenvalue weighted by Crippen LogP contribution is 2.51. The first kappa shape index (κ1) is 30.8. The lowest BCUT2D eigenvalue weighted by Gasteiger charge is -2.21. The van der Waals surface area contributed by atoms with Crippen LogP contribution in [0.3, 0.4) is 0 Å². The van der Waals surface area contributed by atoms with Crippen molar-refractivity contribution in [3.63, 3.8) is 0 Å². The minimum absolute atomic E-state index is 0.0667. The van der Waals surface area contributed by atoms with Crippen LogP contribution in [0.2, 0.25) is 0 Å². The smallest absolute Gasteiger partial charge is 0.235 e. The number of fused-ring (bicyclic) bond motifs is 11. The van der Waals surface area contributed by atoms with Crippen LogP contribution in [-0.2, 0) is 5.41 Å². The van der Waals surface area contributed by atoms with E-state index in [0.29, 0.717) is 5.95 Å². The fourth-order valence-corrected chi connectivity index (χ4v) is 9.09. The molecule has 0 spiro atoms. The zero-order valence-corrected chi connectivity index (χ0v) is 30.1. The number of para-hydroxylation sites is 1. The molecule has 0 unspecified atom stereocenters. The van der Waals surface area contributed by atoms with E-state index in [2.05, 4.69) is 194 Å². The molecule has 8 aromatic carbocycles. The van der Waals surface area contributed by atoms with Crippen LogP contribution in [-0.4, -0.2) is 14.5 Å². The third-order valence-corrected chi connectivity index (χ3v) is 11.6. The van der Waals surface area contributed by atoms with Crippen molar-refractivity contribution in [3.8, 4) is 50.7 Å². The molecule has 11 rings (SSSR count). The summed E-state index contributed by atoms with van der Waals surface area (Å²) in [6.45, 7) is 4.68. The zero-order valence-electron chi connectivity index (χ0n) is 30.1. The lowest BCUT2D eigenvalue weighted by atomic mass is 9.82. The molecule has 0 atom stereocenters. The van der Waals surface area contributed by atoms with Crippen molar-refractivity contribution in [2.24, 2.45) is 0 Å². The molecule has 0 bridgehead atoms. The Bertz CT molecular complexity index is 3060. The second kappa shape index (κ2) is 11.6. The molecule has 0 N–H and O–H groups in total. The topological polar surface area (TPSA) is 30.7 Å². The van der Waals surface area contributed by atoms with E-state index >= 15 is 0 Å². The maximum absolute atomic E-state index is 5.45. The number of hydrogen-bond acceptors (Lipinski definition) is 2. The van der Waals surface area contributed by atoms with Gasteiger partial charge in [-0.3, -0.25) is 4.57 Å². The van der Waals surface area contributed by atoms with E-state index < -0.39 is 0 Å². The zero-order chi connectivity index (χ0) is 36.0. The fourth-order valence-electron chi connectivity index (χ4n) is 9.09. The Hall–Kier alpha value is -6.84. The number of nitrogens with zero attached hydrogens (tertiary/aromatic N) is 3. The van der Waals surface area contributed by atoms with Crippen molar-refractivity contribution in [1.82, 2.24) is 14.5 Å². The van der Waals surface area contributed by atoms with Gasteiger partial charge >= 0.3 is 0 Å². The van der Waals surface area contributed by atoms with E-state index in [-0.39, 0.29) is 5.41 Å². The van der Waals surface area contributed by atoms with Gasteiger partial charge in [0.05, 0.1) is 22.4 Å². The van der Waals surface area contributed by atoms with Gasteiger partial charge in [-0.15, -0.1) is 0 Å². The minimum Gasteiger partial charge on any atom is -0.277 e. The van der Waals surface area contributed by atoms with E-state index in [9.17, 15) is 0 Å². The van der Waals surface area contributed by atoms with Gasteiger partial charge in [0.15, 0.2) is 0 Å². The quantitative estimate of drug-likeness (QED) is 0.172. The number of hydrogen-bond donors (Lipinski definition) is 0. The van der Waals surface area contributed by atoms with Crippen molar-refractivity contribution in [2.75, 3.05) is 0 Å². The lowest BCUT2D eigenvalue weighted by Crippen LogP contribution is -2.14. The van der Waals surface area contributed by atoms with Crippen LogP contribution in [0.15, 0.2) is 176 Å². The fraction of sp³-hybridized carbons (Fsp3) is 0.0588. The molecule has 2 heterocycles. The van der Waals surface area contributed by atoms with Gasteiger partial charge in [-0.05, 0) is 56.1 Å². The third-order valence-electron chi connectivity index (χ3n) is 11.6. The molecule has 10 aromatic rings. The van der Waals surface area contributed by atoms with Gasteiger partial charge in [-0.2, -0.15) is 0 Å². The molecule has 0 aliphatic heterocycles. The predicted molar refractivity (Wildman–Crippen MR) is 225 cm³/mol. The van der Waals surface area contributed by atoms with Crippen LogP contribution in [0.1, 0.15) is 25.0 Å². The highest BCUT2D eigenvalue weighted by atomic mass is 15.2. The summed E-state index contributed by atoms with van der Waals surface area (Å²) >= 11 is 0. The van der Waals surface area contributed by atoms with Crippen molar-refractivity contribution >= 4 is 43.4 Å². The molecule has 0 radical (unpaired) electrons. The first-order valence-electron chi connectivity index (χ1n) is 18.7. The number of benzene rings is 8. The molecule has 2 aromatic heterocycles. The van der Waals surface area contributed by atoms with Gasteiger partial charge in [0, 0.05) is 38.3 Å². The molecule has 0 saturated carbocycles. The Labute approximate surface area is 313 Å². The summed E-state index contributed by atoms with van der Waals surface area (Å²) in [6, 6.07) is 63.4. The molecule has 54 heavy (non-hydrogen) atoms. The highest BCUT2D eigenvalue weighted by molar-refractivity contribution is 6.33. The molecular formula is C51H35N3. The van der Waals surface area contributed by atoms with Crippen molar-refractivity contribution in [1.29, 1.82) is 0 Å². The SMILES string of the molecule is CC1(C)c2ccccc2-c2cc(-c3cccc4c5c6ccccc6c6ccccc6c5n(-c5nc(-c6ccccc6)cc(-c6ccccc6)n5)c34)ccc21. The summed E-state index contributed by atoms with van der Waals surface area (Å²) in [5, 5.41) is 7.24. The van der Waals surface area contributed by atoms with E-state index in [4.69, 9.17) is 9.97 Å². The monoisotopic (exact) mass is 689 g/mol. The second-order valence-corrected chi connectivity index (χ2v) is 15.0. The molecule has 3 nitrogen and oxygen atoms in total. The normalized spacial score (nSPS) is 13.1. The summed E-state index contributed by atoms with van der Waals surface area (Å²) in [4.78, 5) is 10.9.